The second kappa shape index (κ2) is 8.04. The summed E-state index contributed by atoms with van der Waals surface area (Å²) in [6.45, 7) is 5.82. The number of hydrogen-bond donors (Lipinski definition) is 2. The van der Waals surface area contributed by atoms with Gasteiger partial charge in [0.2, 0.25) is 11.9 Å². The number of rotatable bonds is 4. The maximum absolute atomic E-state index is 6.03. The number of aromatic nitrogens is 3. The number of H-pyrrole nitrogens is 1. The molecule has 0 bridgehead atoms. The lowest BCUT2D eigenvalue weighted by atomic mass is 9.96. The quantitative estimate of drug-likeness (QED) is 0.833. The van der Waals surface area contributed by atoms with Crippen LogP contribution in [0.2, 0.25) is 5.02 Å². The van der Waals surface area contributed by atoms with E-state index in [1.54, 1.807) is 0 Å². The fourth-order valence-corrected chi connectivity index (χ4v) is 4.32. The first-order valence-corrected chi connectivity index (χ1v) is 10.0. The molecule has 1 aromatic carbocycles. The van der Waals surface area contributed by atoms with Gasteiger partial charge in [0.15, 0.2) is 0 Å². The summed E-state index contributed by atoms with van der Waals surface area (Å²) in [4.78, 5) is 9.12. The summed E-state index contributed by atoms with van der Waals surface area (Å²) in [5, 5.41) is 7.69. The van der Waals surface area contributed by atoms with Crippen molar-refractivity contribution in [2.75, 3.05) is 36.9 Å². The number of ether oxygens (including phenoxy) is 1. The van der Waals surface area contributed by atoms with Crippen molar-refractivity contribution in [3.8, 4) is 0 Å². The normalized spacial score (nSPS) is 25.0. The highest BCUT2D eigenvalue weighted by atomic mass is 35.5. The largest absolute Gasteiger partial charge is 0.376 e. The van der Waals surface area contributed by atoms with E-state index < -0.39 is 0 Å². The van der Waals surface area contributed by atoms with Crippen LogP contribution in [0.1, 0.15) is 25.3 Å². The van der Waals surface area contributed by atoms with Crippen molar-refractivity contribution in [2.24, 2.45) is 0 Å². The molecule has 2 aliphatic heterocycles. The fraction of sp³-hybridized carbons (Fsp3) is 0.579. The maximum atomic E-state index is 6.03. The van der Waals surface area contributed by atoms with Crippen LogP contribution >= 0.6 is 11.6 Å². The van der Waals surface area contributed by atoms with Gasteiger partial charge < -0.3 is 15.4 Å². The van der Waals surface area contributed by atoms with Crippen LogP contribution in [0.15, 0.2) is 24.3 Å². The van der Waals surface area contributed by atoms with Crippen LogP contribution in [0.5, 0.6) is 0 Å². The standard InChI is InChI=1S/C19H27ClN6O/c1-13-11-26(17(12-27-13)10-14-2-4-15(20)5-3-14)16-6-8-25(9-7-16)19-22-18(21)23-24-19/h2-5,13,16-17H,6-12H2,1H3,(H3,21,22,23,24)/t13-,17-/m0/s1. The fourth-order valence-electron chi connectivity index (χ4n) is 4.19. The molecular formula is C19H27ClN6O. The third kappa shape index (κ3) is 4.36. The Morgan fingerprint density at radius 3 is 2.67 bits per heavy atom. The molecule has 7 nitrogen and oxygen atoms in total. The van der Waals surface area contributed by atoms with Crippen molar-refractivity contribution in [3.63, 3.8) is 0 Å². The van der Waals surface area contributed by atoms with Crippen molar-refractivity contribution in [3.05, 3.63) is 34.9 Å². The van der Waals surface area contributed by atoms with Gasteiger partial charge in [-0.2, -0.15) is 4.98 Å². The van der Waals surface area contributed by atoms with E-state index in [0.29, 0.717) is 24.0 Å². The molecule has 27 heavy (non-hydrogen) atoms. The number of nitrogen functional groups attached to an aromatic ring is 1. The SMILES string of the molecule is C[C@H]1CN(C2CCN(c3n[nH]c(N)n3)CC2)[C@@H](Cc2ccc(Cl)cc2)CO1. The van der Waals surface area contributed by atoms with E-state index in [2.05, 4.69) is 44.0 Å². The van der Waals surface area contributed by atoms with Gasteiger partial charge in [0, 0.05) is 36.7 Å². The molecule has 3 heterocycles. The number of nitrogens with one attached hydrogen (secondary N) is 1. The average Bonchev–Trinajstić information content (AvgIpc) is 3.11. The van der Waals surface area contributed by atoms with E-state index in [0.717, 1.165) is 50.5 Å². The van der Waals surface area contributed by atoms with Crippen molar-refractivity contribution in [2.45, 2.75) is 44.4 Å². The van der Waals surface area contributed by atoms with E-state index >= 15 is 0 Å². The minimum atomic E-state index is 0.275. The molecular weight excluding hydrogens is 364 g/mol. The first-order chi connectivity index (χ1) is 13.1. The van der Waals surface area contributed by atoms with Crippen molar-refractivity contribution in [1.82, 2.24) is 20.1 Å². The van der Waals surface area contributed by atoms with E-state index in [-0.39, 0.29) is 6.10 Å². The number of nitrogens with two attached hydrogens (primary N) is 1. The van der Waals surface area contributed by atoms with E-state index in [9.17, 15) is 0 Å². The molecule has 1 aromatic heterocycles. The first-order valence-electron chi connectivity index (χ1n) is 9.63. The molecule has 0 unspecified atom stereocenters. The number of halogens is 1. The molecule has 3 N–H and O–H groups in total. The molecule has 2 fully saturated rings. The molecule has 2 saturated heterocycles. The van der Waals surface area contributed by atoms with Gasteiger partial charge in [-0.15, -0.1) is 5.10 Å². The predicted octanol–water partition coefficient (Wildman–Crippen LogP) is 2.34. The zero-order valence-electron chi connectivity index (χ0n) is 15.6. The van der Waals surface area contributed by atoms with Gasteiger partial charge in [0.25, 0.3) is 0 Å². The summed E-state index contributed by atoms with van der Waals surface area (Å²) in [6.07, 6.45) is 3.45. The molecule has 2 atom stereocenters. The summed E-state index contributed by atoms with van der Waals surface area (Å²) >= 11 is 6.03. The number of morpholine rings is 1. The lowest BCUT2D eigenvalue weighted by Gasteiger charge is -2.46. The minimum Gasteiger partial charge on any atom is -0.376 e. The van der Waals surface area contributed by atoms with Crippen molar-refractivity contribution in [1.29, 1.82) is 0 Å². The van der Waals surface area contributed by atoms with Gasteiger partial charge in [0.1, 0.15) is 0 Å². The van der Waals surface area contributed by atoms with E-state index in [4.69, 9.17) is 22.1 Å². The van der Waals surface area contributed by atoms with Gasteiger partial charge >= 0.3 is 0 Å². The molecule has 4 rings (SSSR count). The highest BCUT2D eigenvalue weighted by Gasteiger charge is 2.34. The maximum Gasteiger partial charge on any atom is 0.246 e. The highest BCUT2D eigenvalue weighted by Crippen LogP contribution is 2.26. The Kier molecular flexibility index (Phi) is 5.52. The number of nitrogens with zero attached hydrogens (tertiary/aromatic N) is 4. The molecule has 0 spiro atoms. The summed E-state index contributed by atoms with van der Waals surface area (Å²) in [7, 11) is 0. The lowest BCUT2D eigenvalue weighted by Crippen LogP contribution is -2.56. The van der Waals surface area contributed by atoms with Gasteiger partial charge in [-0.25, -0.2) is 5.10 Å². The van der Waals surface area contributed by atoms with Crippen LogP contribution in [0, 0.1) is 0 Å². The second-order valence-corrected chi connectivity index (χ2v) is 8.00. The molecule has 0 radical (unpaired) electrons. The molecule has 0 amide bonds. The Labute approximate surface area is 164 Å². The molecule has 8 heteroatoms. The number of hydrogen-bond acceptors (Lipinski definition) is 6. The van der Waals surface area contributed by atoms with Gasteiger partial charge in [0.05, 0.1) is 12.7 Å². The molecule has 0 saturated carbocycles. The summed E-state index contributed by atoms with van der Waals surface area (Å²) in [6, 6.07) is 9.13. The summed E-state index contributed by atoms with van der Waals surface area (Å²) in [5.74, 6) is 1.08. The van der Waals surface area contributed by atoms with Gasteiger partial charge in [-0.1, -0.05) is 23.7 Å². The van der Waals surface area contributed by atoms with Crippen molar-refractivity contribution < 1.29 is 4.74 Å². The van der Waals surface area contributed by atoms with Gasteiger partial charge in [-0.3, -0.25) is 4.90 Å². The topological polar surface area (TPSA) is 83.3 Å². The van der Waals surface area contributed by atoms with Crippen LogP contribution in [0.4, 0.5) is 11.9 Å². The zero-order chi connectivity index (χ0) is 18.8. The number of anilines is 2. The predicted molar refractivity (Wildman–Crippen MR) is 107 cm³/mol. The molecule has 146 valence electrons. The third-order valence-electron chi connectivity index (χ3n) is 5.60. The van der Waals surface area contributed by atoms with Crippen LogP contribution in [-0.2, 0) is 11.2 Å². The van der Waals surface area contributed by atoms with Crippen molar-refractivity contribution >= 4 is 23.5 Å². The Balaban J connectivity index is 1.41. The molecule has 0 aliphatic carbocycles. The number of benzene rings is 1. The average molecular weight is 391 g/mol. The highest BCUT2D eigenvalue weighted by molar-refractivity contribution is 6.30. The first kappa shape index (κ1) is 18.5. The Morgan fingerprint density at radius 2 is 2.00 bits per heavy atom. The van der Waals surface area contributed by atoms with Gasteiger partial charge in [-0.05, 0) is 43.9 Å². The Morgan fingerprint density at radius 1 is 1.26 bits per heavy atom. The second-order valence-electron chi connectivity index (χ2n) is 7.56. The smallest absolute Gasteiger partial charge is 0.246 e. The summed E-state index contributed by atoms with van der Waals surface area (Å²) < 4.78 is 5.98. The van der Waals surface area contributed by atoms with Crippen LogP contribution in [-0.4, -0.2) is 64.5 Å². The Hall–Kier alpha value is -1.83. The summed E-state index contributed by atoms with van der Waals surface area (Å²) in [5.41, 5.74) is 6.97. The molecule has 2 aliphatic rings. The van der Waals surface area contributed by atoms with Crippen LogP contribution < -0.4 is 10.6 Å². The number of aromatic amines is 1. The monoisotopic (exact) mass is 390 g/mol. The van der Waals surface area contributed by atoms with Crippen LogP contribution in [0.25, 0.3) is 0 Å². The third-order valence-corrected chi connectivity index (χ3v) is 5.85. The minimum absolute atomic E-state index is 0.275. The molecule has 2 aromatic rings. The zero-order valence-corrected chi connectivity index (χ0v) is 16.4. The van der Waals surface area contributed by atoms with Crippen LogP contribution in [0.3, 0.4) is 0 Å². The lowest BCUT2D eigenvalue weighted by molar-refractivity contribution is -0.0745. The number of piperidine rings is 1. The Bertz CT molecular complexity index is 743. The van der Waals surface area contributed by atoms with E-state index in [1.807, 2.05) is 12.1 Å². The van der Waals surface area contributed by atoms with E-state index in [1.165, 1.54) is 5.56 Å².